The molecule has 19 heavy (non-hydrogen) atoms. The van der Waals surface area contributed by atoms with Gasteiger partial charge in [-0.05, 0) is 47.9 Å². The van der Waals surface area contributed by atoms with Gasteiger partial charge in [0.25, 0.3) is 0 Å². The minimum atomic E-state index is -0.956. The minimum Gasteiger partial charge on any atom is -0.324 e. The summed E-state index contributed by atoms with van der Waals surface area (Å²) in [6, 6.07) is 7.39. The lowest BCUT2D eigenvalue weighted by molar-refractivity contribution is 0.504. The molecule has 100 valence electrons. The average Bonchev–Trinajstić information content (AvgIpc) is 2.37. The zero-order valence-electron chi connectivity index (χ0n) is 9.84. The molecule has 0 aliphatic carbocycles. The molecule has 2 aromatic rings. The lowest BCUT2D eigenvalue weighted by Gasteiger charge is -2.13. The van der Waals surface area contributed by atoms with Crippen LogP contribution in [-0.2, 0) is 6.42 Å². The van der Waals surface area contributed by atoms with E-state index in [1.807, 2.05) is 0 Å². The number of benzene rings is 2. The van der Waals surface area contributed by atoms with Crippen molar-refractivity contribution in [1.29, 1.82) is 0 Å². The van der Waals surface area contributed by atoms with Crippen LogP contribution in [0, 0.1) is 17.5 Å². The van der Waals surface area contributed by atoms with E-state index in [0.29, 0.717) is 11.1 Å². The SMILES string of the molecule is NC(Cc1cc(Br)ccc1F)c1ccc(F)c(F)c1. The van der Waals surface area contributed by atoms with E-state index in [1.54, 1.807) is 12.1 Å². The molecule has 2 rings (SSSR count). The molecule has 1 nitrogen and oxygen atoms in total. The number of rotatable bonds is 3. The molecule has 0 fully saturated rings. The van der Waals surface area contributed by atoms with E-state index in [2.05, 4.69) is 15.9 Å². The van der Waals surface area contributed by atoms with Gasteiger partial charge in [0.1, 0.15) is 5.82 Å². The van der Waals surface area contributed by atoms with Crippen LogP contribution in [0.25, 0.3) is 0 Å². The highest BCUT2D eigenvalue weighted by atomic mass is 79.9. The molecule has 0 saturated heterocycles. The van der Waals surface area contributed by atoms with E-state index in [4.69, 9.17) is 5.73 Å². The summed E-state index contributed by atoms with van der Waals surface area (Å²) in [4.78, 5) is 0. The fraction of sp³-hybridized carbons (Fsp3) is 0.143. The Hall–Kier alpha value is -1.33. The average molecular weight is 330 g/mol. The van der Waals surface area contributed by atoms with Crippen molar-refractivity contribution in [1.82, 2.24) is 0 Å². The maximum atomic E-state index is 13.6. The van der Waals surface area contributed by atoms with Crippen LogP contribution in [0.15, 0.2) is 40.9 Å². The van der Waals surface area contributed by atoms with Crippen molar-refractivity contribution >= 4 is 15.9 Å². The van der Waals surface area contributed by atoms with Crippen molar-refractivity contribution in [2.24, 2.45) is 5.73 Å². The van der Waals surface area contributed by atoms with Gasteiger partial charge in [-0.25, -0.2) is 13.2 Å². The predicted octanol–water partition coefficient (Wildman–Crippen LogP) is 4.11. The molecular formula is C14H11BrF3N. The number of nitrogens with two attached hydrogens (primary N) is 1. The molecule has 0 amide bonds. The molecule has 2 N–H and O–H groups in total. The molecule has 5 heteroatoms. The Morgan fingerprint density at radius 2 is 1.63 bits per heavy atom. The molecule has 0 bridgehead atoms. The van der Waals surface area contributed by atoms with Crippen LogP contribution in [0.3, 0.4) is 0 Å². The first-order valence-corrected chi connectivity index (χ1v) is 6.41. The summed E-state index contributed by atoms with van der Waals surface area (Å²) in [5.41, 5.74) is 6.75. The normalized spacial score (nSPS) is 12.5. The van der Waals surface area contributed by atoms with E-state index in [9.17, 15) is 13.2 Å². The lowest BCUT2D eigenvalue weighted by atomic mass is 9.99. The van der Waals surface area contributed by atoms with Crippen LogP contribution in [-0.4, -0.2) is 0 Å². The molecule has 0 aliphatic heterocycles. The molecule has 1 unspecified atom stereocenters. The zero-order valence-corrected chi connectivity index (χ0v) is 11.4. The second-order valence-electron chi connectivity index (χ2n) is 4.22. The summed E-state index contributed by atoms with van der Waals surface area (Å²) in [6.45, 7) is 0. The summed E-state index contributed by atoms with van der Waals surface area (Å²) in [5, 5.41) is 0. The topological polar surface area (TPSA) is 26.0 Å². The van der Waals surface area contributed by atoms with Crippen molar-refractivity contribution in [3.8, 4) is 0 Å². The van der Waals surface area contributed by atoms with Gasteiger partial charge in [-0.1, -0.05) is 22.0 Å². The van der Waals surface area contributed by atoms with Gasteiger partial charge < -0.3 is 5.73 Å². The number of halogens is 4. The van der Waals surface area contributed by atoms with Gasteiger partial charge in [0.05, 0.1) is 0 Å². The van der Waals surface area contributed by atoms with Gasteiger partial charge in [-0.15, -0.1) is 0 Å². The molecule has 0 radical (unpaired) electrons. The predicted molar refractivity (Wildman–Crippen MR) is 71.1 cm³/mol. The molecule has 0 heterocycles. The van der Waals surface area contributed by atoms with Crippen LogP contribution in [0.2, 0.25) is 0 Å². The molecule has 0 aliphatic rings. The van der Waals surface area contributed by atoms with Gasteiger partial charge in [-0.3, -0.25) is 0 Å². The Labute approximate surface area is 117 Å². The second kappa shape index (κ2) is 5.75. The van der Waals surface area contributed by atoms with E-state index in [-0.39, 0.29) is 12.2 Å². The van der Waals surface area contributed by atoms with Crippen molar-refractivity contribution in [3.05, 3.63) is 69.4 Å². The molecule has 2 aromatic carbocycles. The minimum absolute atomic E-state index is 0.205. The highest BCUT2D eigenvalue weighted by Gasteiger charge is 2.13. The largest absolute Gasteiger partial charge is 0.324 e. The van der Waals surface area contributed by atoms with Gasteiger partial charge in [0, 0.05) is 10.5 Å². The van der Waals surface area contributed by atoms with E-state index < -0.39 is 17.7 Å². The number of hydrogen-bond donors (Lipinski definition) is 1. The molecule has 0 saturated carbocycles. The smallest absolute Gasteiger partial charge is 0.159 e. The van der Waals surface area contributed by atoms with Crippen molar-refractivity contribution in [3.63, 3.8) is 0 Å². The van der Waals surface area contributed by atoms with E-state index >= 15 is 0 Å². The quantitative estimate of drug-likeness (QED) is 0.901. The Balaban J connectivity index is 2.22. The third-order valence-corrected chi connectivity index (χ3v) is 3.31. The maximum absolute atomic E-state index is 13.6. The number of hydrogen-bond acceptors (Lipinski definition) is 1. The third-order valence-electron chi connectivity index (χ3n) is 2.82. The third kappa shape index (κ3) is 3.36. The molecule has 1 atom stereocenters. The van der Waals surface area contributed by atoms with E-state index in [0.717, 1.165) is 16.6 Å². The Morgan fingerprint density at radius 3 is 2.32 bits per heavy atom. The Bertz CT molecular complexity index is 601. The molecule has 0 spiro atoms. The summed E-state index contributed by atoms with van der Waals surface area (Å²) >= 11 is 3.25. The van der Waals surface area contributed by atoms with Crippen LogP contribution in [0.4, 0.5) is 13.2 Å². The summed E-state index contributed by atoms with van der Waals surface area (Å²) in [7, 11) is 0. The van der Waals surface area contributed by atoms with Crippen LogP contribution < -0.4 is 5.73 Å². The Kier molecular flexibility index (Phi) is 4.27. The first-order chi connectivity index (χ1) is 8.97. The fourth-order valence-corrected chi connectivity index (χ4v) is 2.21. The van der Waals surface area contributed by atoms with E-state index in [1.165, 1.54) is 12.1 Å². The first-order valence-electron chi connectivity index (χ1n) is 5.62. The Morgan fingerprint density at radius 1 is 0.947 bits per heavy atom. The van der Waals surface area contributed by atoms with Crippen molar-refractivity contribution in [2.75, 3.05) is 0 Å². The monoisotopic (exact) mass is 329 g/mol. The van der Waals surface area contributed by atoms with Crippen LogP contribution >= 0.6 is 15.9 Å². The molecular weight excluding hydrogens is 319 g/mol. The lowest BCUT2D eigenvalue weighted by Crippen LogP contribution is -2.14. The molecule has 0 aromatic heterocycles. The van der Waals surface area contributed by atoms with Gasteiger partial charge in [0.15, 0.2) is 11.6 Å². The van der Waals surface area contributed by atoms with Crippen LogP contribution in [0.1, 0.15) is 17.2 Å². The second-order valence-corrected chi connectivity index (χ2v) is 5.14. The van der Waals surface area contributed by atoms with Gasteiger partial charge in [0.2, 0.25) is 0 Å². The van der Waals surface area contributed by atoms with Gasteiger partial charge in [-0.2, -0.15) is 0 Å². The van der Waals surface area contributed by atoms with Crippen molar-refractivity contribution < 1.29 is 13.2 Å². The highest BCUT2D eigenvalue weighted by Crippen LogP contribution is 2.22. The zero-order chi connectivity index (χ0) is 14.0. The summed E-state index contributed by atoms with van der Waals surface area (Å²) in [5.74, 6) is -2.26. The summed E-state index contributed by atoms with van der Waals surface area (Å²) in [6.07, 6.45) is 0.205. The maximum Gasteiger partial charge on any atom is 0.159 e. The summed E-state index contributed by atoms with van der Waals surface area (Å²) < 4.78 is 40.2. The first kappa shape index (κ1) is 14.1. The fourth-order valence-electron chi connectivity index (χ4n) is 1.80. The highest BCUT2D eigenvalue weighted by molar-refractivity contribution is 9.10. The van der Waals surface area contributed by atoms with Gasteiger partial charge >= 0.3 is 0 Å². The van der Waals surface area contributed by atoms with Crippen molar-refractivity contribution in [2.45, 2.75) is 12.5 Å². The standard InChI is InChI=1S/C14H11BrF3N/c15-10-2-4-11(16)9(5-10)7-14(19)8-1-3-12(17)13(18)6-8/h1-6,14H,7,19H2. The van der Waals surface area contributed by atoms with Crippen LogP contribution in [0.5, 0.6) is 0 Å².